The minimum atomic E-state index is -0.695. The van der Waals surface area contributed by atoms with E-state index in [2.05, 4.69) is 0 Å². The van der Waals surface area contributed by atoms with Gasteiger partial charge in [-0.05, 0) is 5.41 Å². The Bertz CT molecular complexity index is 289. The van der Waals surface area contributed by atoms with Crippen LogP contribution < -0.4 is 5.73 Å². The molecule has 82 valence electrons. The van der Waals surface area contributed by atoms with Crippen molar-refractivity contribution in [1.29, 1.82) is 10.5 Å². The molecule has 0 unspecified atom stereocenters. The predicted octanol–water partition coefficient (Wildman–Crippen LogP) is 0.236. The highest BCUT2D eigenvalue weighted by Gasteiger charge is 2.30. The Morgan fingerprint density at radius 3 is 2.00 bits per heavy atom. The largest absolute Gasteiger partial charge is 0.319 e. The zero-order valence-electron chi connectivity index (χ0n) is 9.32. The molecular formula is C10H16N4O. The first kappa shape index (κ1) is 13.4. The molecule has 0 fully saturated rings. The molecule has 0 aromatic carbocycles. The third kappa shape index (κ3) is 3.97. The van der Waals surface area contributed by atoms with Crippen molar-refractivity contribution in [2.45, 2.75) is 26.8 Å². The van der Waals surface area contributed by atoms with E-state index in [4.69, 9.17) is 16.3 Å². The van der Waals surface area contributed by atoms with E-state index in [1.165, 1.54) is 0 Å². The normalized spacial score (nSPS) is 12.4. The number of carbonyl (C=O) groups excluding carboxylic acids is 1. The number of nitrogens with two attached hydrogens (primary N) is 1. The molecule has 0 saturated carbocycles. The van der Waals surface area contributed by atoms with Crippen LogP contribution in [0.25, 0.3) is 0 Å². The van der Waals surface area contributed by atoms with Crippen molar-refractivity contribution in [2.24, 2.45) is 11.1 Å². The molecule has 2 N–H and O–H groups in total. The monoisotopic (exact) mass is 208 g/mol. The molecule has 1 amide bonds. The summed E-state index contributed by atoms with van der Waals surface area (Å²) >= 11 is 0. The second kappa shape index (κ2) is 5.33. The standard InChI is InChI=1S/C10H16N4O/c1-10(2,3)8(13)9(15)14(6-4-11)7-5-12/h8H,6-7,13H2,1-3H3/t8-/m1/s1. The molecule has 0 radical (unpaired) electrons. The van der Waals surface area contributed by atoms with Gasteiger partial charge in [0.05, 0.1) is 18.2 Å². The summed E-state index contributed by atoms with van der Waals surface area (Å²) in [5.41, 5.74) is 5.37. The number of hydrogen-bond donors (Lipinski definition) is 1. The fraction of sp³-hybridized carbons (Fsp3) is 0.700. The molecule has 5 nitrogen and oxygen atoms in total. The van der Waals surface area contributed by atoms with E-state index in [1.54, 1.807) is 0 Å². The summed E-state index contributed by atoms with van der Waals surface area (Å²) < 4.78 is 0. The molecule has 0 saturated heterocycles. The van der Waals surface area contributed by atoms with E-state index in [1.807, 2.05) is 32.9 Å². The average Bonchev–Trinajstić information content (AvgIpc) is 2.14. The van der Waals surface area contributed by atoms with Crippen molar-refractivity contribution < 1.29 is 4.79 Å². The summed E-state index contributed by atoms with van der Waals surface area (Å²) in [6.45, 7) is 5.32. The summed E-state index contributed by atoms with van der Waals surface area (Å²) in [5, 5.41) is 17.0. The highest BCUT2D eigenvalue weighted by atomic mass is 16.2. The zero-order valence-corrected chi connectivity index (χ0v) is 9.32. The molecule has 0 heterocycles. The van der Waals surface area contributed by atoms with Crippen LogP contribution in [0.2, 0.25) is 0 Å². The summed E-state index contributed by atoms with van der Waals surface area (Å²) in [6.07, 6.45) is 0. The Morgan fingerprint density at radius 1 is 1.33 bits per heavy atom. The molecular weight excluding hydrogens is 192 g/mol. The number of hydrogen-bond acceptors (Lipinski definition) is 4. The first-order chi connectivity index (χ1) is 6.84. The molecule has 0 rings (SSSR count). The second-order valence-electron chi connectivity index (χ2n) is 4.35. The molecule has 0 aromatic heterocycles. The van der Waals surface area contributed by atoms with Gasteiger partial charge in [-0.1, -0.05) is 20.8 Å². The number of nitriles is 2. The number of rotatable bonds is 3. The van der Waals surface area contributed by atoms with E-state index < -0.39 is 6.04 Å². The molecule has 0 bridgehead atoms. The minimum absolute atomic E-state index is 0.101. The van der Waals surface area contributed by atoms with Crippen LogP contribution in [0.4, 0.5) is 0 Å². The summed E-state index contributed by atoms with van der Waals surface area (Å²) in [5.74, 6) is -0.356. The lowest BCUT2D eigenvalue weighted by Crippen LogP contribution is -2.50. The van der Waals surface area contributed by atoms with E-state index in [0.717, 1.165) is 4.90 Å². The maximum absolute atomic E-state index is 11.8. The van der Waals surface area contributed by atoms with E-state index in [-0.39, 0.29) is 24.4 Å². The van der Waals surface area contributed by atoms with Crippen molar-refractivity contribution in [2.75, 3.05) is 13.1 Å². The lowest BCUT2D eigenvalue weighted by Gasteiger charge is -2.29. The van der Waals surface area contributed by atoms with Gasteiger partial charge in [0.25, 0.3) is 0 Å². The van der Waals surface area contributed by atoms with Crippen molar-refractivity contribution in [3.05, 3.63) is 0 Å². The SMILES string of the molecule is CC(C)(C)[C@H](N)C(=O)N(CC#N)CC#N. The third-order valence-corrected chi connectivity index (χ3v) is 2.03. The van der Waals surface area contributed by atoms with Crippen molar-refractivity contribution in [3.63, 3.8) is 0 Å². The molecule has 0 aliphatic heterocycles. The molecule has 0 aromatic rings. The summed E-state index contributed by atoms with van der Waals surface area (Å²) in [4.78, 5) is 12.9. The van der Waals surface area contributed by atoms with Crippen LogP contribution in [0, 0.1) is 28.1 Å². The highest BCUT2D eigenvalue weighted by Crippen LogP contribution is 2.18. The van der Waals surface area contributed by atoms with Crippen molar-refractivity contribution in [1.82, 2.24) is 4.90 Å². The van der Waals surface area contributed by atoms with Crippen LogP contribution in [-0.2, 0) is 4.79 Å². The van der Waals surface area contributed by atoms with Gasteiger partial charge in [-0.25, -0.2) is 0 Å². The van der Waals surface area contributed by atoms with E-state index in [0.29, 0.717) is 0 Å². The van der Waals surface area contributed by atoms with Gasteiger partial charge in [0.1, 0.15) is 13.1 Å². The van der Waals surface area contributed by atoms with E-state index >= 15 is 0 Å². The summed E-state index contributed by atoms with van der Waals surface area (Å²) in [7, 11) is 0. The Hall–Kier alpha value is -1.59. The first-order valence-electron chi connectivity index (χ1n) is 4.63. The molecule has 15 heavy (non-hydrogen) atoms. The lowest BCUT2D eigenvalue weighted by atomic mass is 9.86. The van der Waals surface area contributed by atoms with Gasteiger partial charge in [-0.2, -0.15) is 10.5 Å². The highest BCUT2D eigenvalue weighted by molar-refractivity contribution is 5.82. The number of nitrogens with zero attached hydrogens (tertiary/aromatic N) is 3. The van der Waals surface area contributed by atoms with Gasteiger partial charge < -0.3 is 10.6 Å². The van der Waals surface area contributed by atoms with Crippen LogP contribution in [0.1, 0.15) is 20.8 Å². The Kier molecular flexibility index (Phi) is 4.77. The molecule has 0 aliphatic rings. The van der Waals surface area contributed by atoms with Gasteiger partial charge in [0.2, 0.25) is 5.91 Å². The van der Waals surface area contributed by atoms with Gasteiger partial charge in [0, 0.05) is 0 Å². The fourth-order valence-electron chi connectivity index (χ4n) is 0.950. The quantitative estimate of drug-likeness (QED) is 0.672. The Morgan fingerprint density at radius 2 is 1.73 bits per heavy atom. The topological polar surface area (TPSA) is 93.9 Å². The maximum Gasteiger partial charge on any atom is 0.241 e. The molecule has 1 atom stereocenters. The Balaban J connectivity index is 4.66. The Labute approximate surface area is 90.1 Å². The number of amides is 1. The van der Waals surface area contributed by atoms with Crippen LogP contribution >= 0.6 is 0 Å². The zero-order chi connectivity index (χ0) is 12.1. The lowest BCUT2D eigenvalue weighted by molar-refractivity contribution is -0.133. The smallest absolute Gasteiger partial charge is 0.241 e. The van der Waals surface area contributed by atoms with Crippen LogP contribution in [0.3, 0.4) is 0 Å². The molecule has 5 heteroatoms. The maximum atomic E-state index is 11.8. The third-order valence-electron chi connectivity index (χ3n) is 2.03. The first-order valence-corrected chi connectivity index (χ1v) is 4.63. The summed E-state index contributed by atoms with van der Waals surface area (Å²) in [6, 6.07) is 2.98. The fourth-order valence-corrected chi connectivity index (χ4v) is 0.950. The van der Waals surface area contributed by atoms with Gasteiger partial charge >= 0.3 is 0 Å². The van der Waals surface area contributed by atoms with Crippen LogP contribution in [0.15, 0.2) is 0 Å². The molecule has 0 spiro atoms. The van der Waals surface area contributed by atoms with Crippen molar-refractivity contribution in [3.8, 4) is 12.1 Å². The average molecular weight is 208 g/mol. The minimum Gasteiger partial charge on any atom is -0.319 e. The van der Waals surface area contributed by atoms with Crippen LogP contribution in [-0.4, -0.2) is 29.9 Å². The predicted molar refractivity (Wildman–Crippen MR) is 55.2 cm³/mol. The van der Waals surface area contributed by atoms with Crippen LogP contribution in [0.5, 0.6) is 0 Å². The molecule has 0 aliphatic carbocycles. The van der Waals surface area contributed by atoms with Gasteiger partial charge in [-0.15, -0.1) is 0 Å². The van der Waals surface area contributed by atoms with Gasteiger partial charge in [0.15, 0.2) is 0 Å². The van der Waals surface area contributed by atoms with Crippen molar-refractivity contribution >= 4 is 5.91 Å². The second-order valence-corrected chi connectivity index (χ2v) is 4.35. The number of carbonyl (C=O) groups is 1. The van der Waals surface area contributed by atoms with E-state index in [9.17, 15) is 4.79 Å². The van der Waals surface area contributed by atoms with Gasteiger partial charge in [-0.3, -0.25) is 4.79 Å².